The van der Waals surface area contributed by atoms with Gasteiger partial charge in [-0.05, 0) is 48.4 Å². The average molecular weight is 351 g/mol. The summed E-state index contributed by atoms with van der Waals surface area (Å²) in [5, 5.41) is 11.7. The molecule has 0 saturated carbocycles. The van der Waals surface area contributed by atoms with Crippen LogP contribution in [0.4, 0.5) is 0 Å². The van der Waals surface area contributed by atoms with Crippen molar-refractivity contribution in [2.45, 2.75) is 26.0 Å². The molecule has 0 heterocycles. The fraction of sp³-hybridized carbons (Fsp3) is 0.238. The summed E-state index contributed by atoms with van der Waals surface area (Å²) in [7, 11) is 1.29. The van der Waals surface area contributed by atoms with E-state index in [0.717, 1.165) is 16.7 Å². The van der Waals surface area contributed by atoms with E-state index in [1.165, 1.54) is 7.11 Å². The minimum atomic E-state index is -0.658. The van der Waals surface area contributed by atoms with Crippen LogP contribution in [0.2, 0.25) is 0 Å². The summed E-state index contributed by atoms with van der Waals surface area (Å²) in [5.41, 5.74) is 2.90. The van der Waals surface area contributed by atoms with Crippen LogP contribution in [0.3, 0.4) is 0 Å². The number of carbonyl (C=O) groups is 2. The Morgan fingerprint density at radius 3 is 2.04 bits per heavy atom. The molecule has 1 atom stereocenters. The van der Waals surface area contributed by atoms with E-state index in [-0.39, 0.29) is 12.5 Å². The van der Waals surface area contributed by atoms with E-state index in [9.17, 15) is 9.59 Å². The quantitative estimate of drug-likeness (QED) is 0.640. The minimum absolute atomic E-state index is 0.00605. The molecule has 0 aromatic heterocycles. The van der Waals surface area contributed by atoms with Crippen LogP contribution in [-0.2, 0) is 16.1 Å². The molecule has 0 aliphatic carbocycles. The second-order valence-corrected chi connectivity index (χ2v) is 5.64. The van der Waals surface area contributed by atoms with Crippen LogP contribution in [0, 0.1) is 11.8 Å². The molecule has 0 spiro atoms. The zero-order valence-electron chi connectivity index (χ0n) is 14.8. The van der Waals surface area contributed by atoms with E-state index < -0.39 is 12.0 Å². The molecule has 0 radical (unpaired) electrons. The van der Waals surface area contributed by atoms with Gasteiger partial charge in [-0.2, -0.15) is 0 Å². The SMILES string of the molecule is CC[C@H](NC(=O)c1ccc(C#Cc2ccc(CO)cc2)cc1)C(=O)OC. The van der Waals surface area contributed by atoms with Crippen molar-refractivity contribution in [3.63, 3.8) is 0 Å². The third kappa shape index (κ3) is 5.20. The van der Waals surface area contributed by atoms with Crippen LogP contribution >= 0.6 is 0 Å². The smallest absolute Gasteiger partial charge is 0.328 e. The predicted octanol–water partition coefficient (Wildman–Crippen LogP) is 2.26. The highest BCUT2D eigenvalue weighted by atomic mass is 16.5. The second-order valence-electron chi connectivity index (χ2n) is 5.64. The molecule has 0 bridgehead atoms. The number of esters is 1. The topological polar surface area (TPSA) is 75.6 Å². The molecule has 2 rings (SSSR count). The minimum Gasteiger partial charge on any atom is -0.467 e. The van der Waals surface area contributed by atoms with E-state index in [0.29, 0.717) is 12.0 Å². The fourth-order valence-corrected chi connectivity index (χ4v) is 2.25. The van der Waals surface area contributed by atoms with Gasteiger partial charge in [0.05, 0.1) is 13.7 Å². The number of amides is 1. The molecule has 1 amide bonds. The van der Waals surface area contributed by atoms with Crippen molar-refractivity contribution in [1.82, 2.24) is 5.32 Å². The molecule has 5 nitrogen and oxygen atoms in total. The highest BCUT2D eigenvalue weighted by molar-refractivity contribution is 5.96. The van der Waals surface area contributed by atoms with Crippen molar-refractivity contribution < 1.29 is 19.4 Å². The zero-order valence-corrected chi connectivity index (χ0v) is 14.8. The maximum atomic E-state index is 12.2. The van der Waals surface area contributed by atoms with Crippen molar-refractivity contribution in [1.29, 1.82) is 0 Å². The highest BCUT2D eigenvalue weighted by Gasteiger charge is 2.19. The van der Waals surface area contributed by atoms with Gasteiger partial charge in [0.2, 0.25) is 0 Å². The first kappa shape index (κ1) is 19.2. The van der Waals surface area contributed by atoms with Crippen molar-refractivity contribution in [2.75, 3.05) is 7.11 Å². The van der Waals surface area contributed by atoms with E-state index in [4.69, 9.17) is 5.11 Å². The highest BCUT2D eigenvalue weighted by Crippen LogP contribution is 2.07. The molecular weight excluding hydrogens is 330 g/mol. The van der Waals surface area contributed by atoms with Crippen LogP contribution in [0.25, 0.3) is 0 Å². The molecular formula is C21H21NO4. The first-order valence-electron chi connectivity index (χ1n) is 8.28. The molecule has 2 N–H and O–H groups in total. The van der Waals surface area contributed by atoms with Gasteiger partial charge < -0.3 is 15.2 Å². The Morgan fingerprint density at radius 2 is 1.58 bits per heavy atom. The van der Waals surface area contributed by atoms with E-state index in [2.05, 4.69) is 21.9 Å². The van der Waals surface area contributed by atoms with Gasteiger partial charge in [-0.25, -0.2) is 4.79 Å². The van der Waals surface area contributed by atoms with Crippen molar-refractivity contribution in [3.05, 3.63) is 70.8 Å². The van der Waals surface area contributed by atoms with Gasteiger partial charge in [0.1, 0.15) is 6.04 Å². The number of hydrogen-bond donors (Lipinski definition) is 2. The second kappa shape index (κ2) is 9.40. The van der Waals surface area contributed by atoms with E-state index in [1.54, 1.807) is 31.2 Å². The number of nitrogens with one attached hydrogen (secondary N) is 1. The van der Waals surface area contributed by atoms with Gasteiger partial charge in [0.15, 0.2) is 0 Å². The first-order valence-corrected chi connectivity index (χ1v) is 8.28. The Bertz CT molecular complexity index is 814. The van der Waals surface area contributed by atoms with Gasteiger partial charge >= 0.3 is 5.97 Å². The number of carbonyl (C=O) groups excluding carboxylic acids is 2. The predicted molar refractivity (Wildman–Crippen MR) is 98.3 cm³/mol. The van der Waals surface area contributed by atoms with Gasteiger partial charge in [0.25, 0.3) is 5.91 Å². The van der Waals surface area contributed by atoms with E-state index >= 15 is 0 Å². The average Bonchev–Trinajstić information content (AvgIpc) is 2.70. The largest absolute Gasteiger partial charge is 0.467 e. The lowest BCUT2D eigenvalue weighted by molar-refractivity contribution is -0.142. The third-order valence-electron chi connectivity index (χ3n) is 3.83. The molecule has 0 unspecified atom stereocenters. The van der Waals surface area contributed by atoms with E-state index in [1.807, 2.05) is 24.3 Å². The number of aliphatic hydroxyl groups is 1. The summed E-state index contributed by atoms with van der Waals surface area (Å²) >= 11 is 0. The van der Waals surface area contributed by atoms with Crippen molar-refractivity contribution in [3.8, 4) is 11.8 Å². The molecule has 0 aliphatic heterocycles. The summed E-state index contributed by atoms with van der Waals surface area (Å²) in [5.74, 6) is 5.26. The van der Waals surface area contributed by atoms with Gasteiger partial charge in [0, 0.05) is 16.7 Å². The Hall–Kier alpha value is -3.10. The van der Waals surface area contributed by atoms with Gasteiger partial charge in [-0.1, -0.05) is 30.9 Å². The van der Waals surface area contributed by atoms with Crippen LogP contribution in [0.1, 0.15) is 40.4 Å². The molecule has 0 aliphatic rings. The summed E-state index contributed by atoms with van der Waals surface area (Å²) in [6.45, 7) is 1.81. The zero-order chi connectivity index (χ0) is 18.9. The Morgan fingerprint density at radius 1 is 1.04 bits per heavy atom. The molecule has 26 heavy (non-hydrogen) atoms. The number of hydrogen-bond acceptors (Lipinski definition) is 4. The van der Waals surface area contributed by atoms with Gasteiger partial charge in [-0.3, -0.25) is 4.79 Å². The Labute approximate surface area is 153 Å². The number of rotatable bonds is 5. The summed E-state index contributed by atoms with van der Waals surface area (Å²) in [4.78, 5) is 23.8. The summed E-state index contributed by atoms with van der Waals surface area (Å²) in [6.07, 6.45) is 0.455. The lowest BCUT2D eigenvalue weighted by atomic mass is 10.1. The van der Waals surface area contributed by atoms with Crippen LogP contribution in [0.15, 0.2) is 48.5 Å². The van der Waals surface area contributed by atoms with Crippen LogP contribution in [0.5, 0.6) is 0 Å². The molecule has 0 saturated heterocycles. The van der Waals surface area contributed by atoms with Crippen molar-refractivity contribution >= 4 is 11.9 Å². The molecule has 5 heteroatoms. The van der Waals surface area contributed by atoms with Crippen LogP contribution in [-0.4, -0.2) is 30.1 Å². The maximum Gasteiger partial charge on any atom is 0.328 e. The van der Waals surface area contributed by atoms with Crippen LogP contribution < -0.4 is 5.32 Å². The maximum absolute atomic E-state index is 12.2. The Kier molecular flexibility index (Phi) is 6.95. The lowest BCUT2D eigenvalue weighted by Gasteiger charge is -2.14. The normalized spacial score (nSPS) is 11.0. The lowest BCUT2D eigenvalue weighted by Crippen LogP contribution is -2.41. The number of aliphatic hydroxyl groups excluding tert-OH is 1. The Balaban J connectivity index is 2.04. The monoisotopic (exact) mass is 351 g/mol. The number of benzene rings is 2. The molecule has 0 fully saturated rings. The molecule has 2 aromatic carbocycles. The molecule has 2 aromatic rings. The molecule has 134 valence electrons. The summed E-state index contributed by atoms with van der Waals surface area (Å²) in [6, 6.07) is 13.5. The standard InChI is InChI=1S/C21H21NO4/c1-3-19(21(25)26-2)22-20(24)18-12-10-16(11-13-18)5-4-15-6-8-17(14-23)9-7-15/h6-13,19,23H,3,14H2,1-2H3,(H,22,24)/t19-/m0/s1. The number of ether oxygens (including phenoxy) is 1. The fourth-order valence-electron chi connectivity index (χ4n) is 2.25. The summed E-state index contributed by atoms with van der Waals surface area (Å²) < 4.78 is 4.66. The number of methoxy groups -OCH3 is 1. The van der Waals surface area contributed by atoms with Gasteiger partial charge in [-0.15, -0.1) is 0 Å². The first-order chi connectivity index (χ1) is 12.6. The van der Waals surface area contributed by atoms with Crippen molar-refractivity contribution in [2.24, 2.45) is 0 Å². The third-order valence-corrected chi connectivity index (χ3v) is 3.83.